The average molecular weight is 254 g/mol. The molecule has 2 N–H and O–H groups in total. The zero-order valence-corrected chi connectivity index (χ0v) is 10.7. The highest BCUT2D eigenvalue weighted by Crippen LogP contribution is 2.29. The van der Waals surface area contributed by atoms with Crippen LogP contribution in [-0.2, 0) is 5.41 Å². The van der Waals surface area contributed by atoms with E-state index in [1.54, 1.807) is 0 Å². The molecule has 4 nitrogen and oxygen atoms in total. The summed E-state index contributed by atoms with van der Waals surface area (Å²) in [5.74, 6) is -2.35. The Balaban J connectivity index is 3.59. The van der Waals surface area contributed by atoms with E-state index >= 15 is 0 Å². The molecule has 92 valence electrons. The molecule has 0 bridgehead atoms. The van der Waals surface area contributed by atoms with Gasteiger partial charge in [-0.25, -0.2) is 9.59 Å². The van der Waals surface area contributed by atoms with E-state index in [9.17, 15) is 9.59 Å². The number of aromatic carboxylic acids is 2. The van der Waals surface area contributed by atoms with Crippen LogP contribution in [0.25, 0.3) is 0 Å². The maximum atomic E-state index is 11.0. The topological polar surface area (TPSA) is 74.6 Å². The SMILES string of the molecule is CC(C)(C)c1cc(C(=O)O)c(S)c(C(=O)O)c1. The van der Waals surface area contributed by atoms with Crippen LogP contribution in [0.1, 0.15) is 47.1 Å². The minimum atomic E-state index is -1.18. The number of benzene rings is 1. The lowest BCUT2D eigenvalue weighted by molar-refractivity contribution is 0.0690. The van der Waals surface area contributed by atoms with Crippen LogP contribution >= 0.6 is 12.6 Å². The predicted molar refractivity (Wildman–Crippen MR) is 66.3 cm³/mol. The number of rotatable bonds is 2. The number of thiol groups is 1. The average Bonchev–Trinajstić information content (AvgIpc) is 2.14. The van der Waals surface area contributed by atoms with Crippen LogP contribution in [0.5, 0.6) is 0 Å². The molecule has 0 aromatic heterocycles. The highest BCUT2D eigenvalue weighted by Gasteiger charge is 2.22. The van der Waals surface area contributed by atoms with Gasteiger partial charge in [-0.3, -0.25) is 0 Å². The lowest BCUT2D eigenvalue weighted by atomic mass is 9.85. The Morgan fingerprint density at radius 1 is 1.06 bits per heavy atom. The molecule has 5 heteroatoms. The van der Waals surface area contributed by atoms with Crippen molar-refractivity contribution in [2.45, 2.75) is 31.1 Å². The molecule has 1 aromatic carbocycles. The number of hydrogen-bond acceptors (Lipinski definition) is 3. The Kier molecular flexibility index (Phi) is 3.52. The molecule has 0 heterocycles. The maximum Gasteiger partial charge on any atom is 0.336 e. The lowest BCUT2D eigenvalue weighted by Crippen LogP contribution is -2.15. The fourth-order valence-electron chi connectivity index (χ4n) is 1.39. The van der Waals surface area contributed by atoms with Crippen molar-refractivity contribution in [3.05, 3.63) is 28.8 Å². The molecule has 0 aliphatic heterocycles. The second-order valence-corrected chi connectivity index (χ2v) is 5.23. The second kappa shape index (κ2) is 4.41. The molecule has 0 atom stereocenters. The van der Waals surface area contributed by atoms with E-state index < -0.39 is 11.9 Å². The highest BCUT2D eigenvalue weighted by atomic mass is 32.1. The van der Waals surface area contributed by atoms with E-state index in [0.29, 0.717) is 5.56 Å². The fraction of sp³-hybridized carbons (Fsp3) is 0.333. The minimum absolute atomic E-state index is 0.0157. The van der Waals surface area contributed by atoms with Gasteiger partial charge in [0, 0.05) is 4.90 Å². The third-order valence-electron chi connectivity index (χ3n) is 2.44. The number of carbonyl (C=O) groups is 2. The Labute approximate surface area is 105 Å². The van der Waals surface area contributed by atoms with Crippen LogP contribution in [0, 0.1) is 0 Å². The Bertz CT molecular complexity index is 451. The van der Waals surface area contributed by atoms with E-state index in [2.05, 4.69) is 12.6 Å². The molecule has 0 aliphatic carbocycles. The summed E-state index contributed by atoms with van der Waals surface area (Å²) in [6.07, 6.45) is 0. The molecule has 0 radical (unpaired) electrons. The molecule has 0 aliphatic rings. The predicted octanol–water partition coefficient (Wildman–Crippen LogP) is 2.67. The second-order valence-electron chi connectivity index (χ2n) is 4.78. The van der Waals surface area contributed by atoms with Crippen molar-refractivity contribution < 1.29 is 19.8 Å². The minimum Gasteiger partial charge on any atom is -0.478 e. The zero-order valence-electron chi connectivity index (χ0n) is 9.81. The van der Waals surface area contributed by atoms with Gasteiger partial charge in [-0.05, 0) is 23.1 Å². The van der Waals surface area contributed by atoms with Crippen molar-refractivity contribution in [3.8, 4) is 0 Å². The summed E-state index contributed by atoms with van der Waals surface area (Å²) in [5, 5.41) is 18.0. The van der Waals surface area contributed by atoms with Gasteiger partial charge >= 0.3 is 11.9 Å². The van der Waals surface area contributed by atoms with Crippen molar-refractivity contribution in [1.29, 1.82) is 0 Å². The number of carboxylic acid groups (broad SMARTS) is 2. The van der Waals surface area contributed by atoms with E-state index in [-0.39, 0.29) is 21.4 Å². The van der Waals surface area contributed by atoms with Crippen LogP contribution in [0.2, 0.25) is 0 Å². The molecule has 1 rings (SSSR count). The molecule has 0 saturated heterocycles. The molecule has 0 unspecified atom stereocenters. The third-order valence-corrected chi connectivity index (χ3v) is 2.92. The standard InChI is InChI=1S/C12H14O4S/c1-12(2,3)6-4-7(10(13)14)9(17)8(5-6)11(15)16/h4-5,17H,1-3H3,(H,13,14)(H,15,16). The van der Waals surface area contributed by atoms with Gasteiger partial charge < -0.3 is 10.2 Å². The normalized spacial score (nSPS) is 11.3. The lowest BCUT2D eigenvalue weighted by Gasteiger charge is -2.21. The fourth-order valence-corrected chi connectivity index (χ4v) is 1.71. The summed E-state index contributed by atoms with van der Waals surface area (Å²) in [6, 6.07) is 2.94. The highest BCUT2D eigenvalue weighted by molar-refractivity contribution is 7.80. The molecule has 1 aromatic rings. The van der Waals surface area contributed by atoms with E-state index in [1.165, 1.54) is 12.1 Å². The molecule has 0 amide bonds. The Hall–Kier alpha value is -1.49. The summed E-state index contributed by atoms with van der Waals surface area (Å²) in [6.45, 7) is 5.66. The quantitative estimate of drug-likeness (QED) is 0.709. The van der Waals surface area contributed by atoms with Crippen LogP contribution < -0.4 is 0 Å². The smallest absolute Gasteiger partial charge is 0.336 e. The van der Waals surface area contributed by atoms with Gasteiger partial charge in [0.05, 0.1) is 11.1 Å². The van der Waals surface area contributed by atoms with Gasteiger partial charge in [0.15, 0.2) is 0 Å². The maximum absolute atomic E-state index is 11.0. The molecule has 0 spiro atoms. The number of hydrogen-bond donors (Lipinski definition) is 3. The van der Waals surface area contributed by atoms with Crippen molar-refractivity contribution in [3.63, 3.8) is 0 Å². The number of carboxylic acids is 2. The summed E-state index contributed by atoms with van der Waals surface area (Å²) in [5.41, 5.74) is 0.164. The first-order chi connectivity index (χ1) is 7.64. The summed E-state index contributed by atoms with van der Waals surface area (Å²) >= 11 is 3.97. The third kappa shape index (κ3) is 2.79. The van der Waals surface area contributed by atoms with Crippen LogP contribution in [0.4, 0.5) is 0 Å². The van der Waals surface area contributed by atoms with E-state index in [4.69, 9.17) is 10.2 Å². The molecule has 0 fully saturated rings. The van der Waals surface area contributed by atoms with E-state index in [0.717, 1.165) is 0 Å². The summed E-state index contributed by atoms with van der Waals surface area (Å²) in [7, 11) is 0. The molecule has 0 saturated carbocycles. The van der Waals surface area contributed by atoms with Crippen molar-refractivity contribution in [2.24, 2.45) is 0 Å². The zero-order chi connectivity index (χ0) is 13.4. The first-order valence-electron chi connectivity index (χ1n) is 4.98. The molecule has 17 heavy (non-hydrogen) atoms. The van der Waals surface area contributed by atoms with Crippen molar-refractivity contribution >= 4 is 24.6 Å². The van der Waals surface area contributed by atoms with Gasteiger partial charge in [-0.2, -0.15) is 0 Å². The van der Waals surface area contributed by atoms with Gasteiger partial charge in [-0.1, -0.05) is 20.8 Å². The summed E-state index contributed by atoms with van der Waals surface area (Å²) in [4.78, 5) is 22.1. The monoisotopic (exact) mass is 254 g/mol. The molecular weight excluding hydrogens is 240 g/mol. The van der Waals surface area contributed by atoms with Gasteiger partial charge in [0.2, 0.25) is 0 Å². The Morgan fingerprint density at radius 2 is 1.41 bits per heavy atom. The first kappa shape index (κ1) is 13.6. The first-order valence-corrected chi connectivity index (χ1v) is 5.43. The van der Waals surface area contributed by atoms with Crippen LogP contribution in [0.3, 0.4) is 0 Å². The van der Waals surface area contributed by atoms with Crippen LogP contribution in [0.15, 0.2) is 17.0 Å². The summed E-state index contributed by atoms with van der Waals surface area (Å²) < 4.78 is 0. The van der Waals surface area contributed by atoms with Crippen molar-refractivity contribution in [2.75, 3.05) is 0 Å². The van der Waals surface area contributed by atoms with Gasteiger partial charge in [0.1, 0.15) is 0 Å². The van der Waals surface area contributed by atoms with Gasteiger partial charge in [0.25, 0.3) is 0 Å². The van der Waals surface area contributed by atoms with Gasteiger partial charge in [-0.15, -0.1) is 12.6 Å². The Morgan fingerprint density at radius 3 is 1.65 bits per heavy atom. The van der Waals surface area contributed by atoms with Crippen LogP contribution in [-0.4, -0.2) is 22.2 Å². The molecular formula is C12H14O4S. The van der Waals surface area contributed by atoms with E-state index in [1.807, 2.05) is 20.8 Å². The largest absolute Gasteiger partial charge is 0.478 e. The van der Waals surface area contributed by atoms with Crippen molar-refractivity contribution in [1.82, 2.24) is 0 Å².